The summed E-state index contributed by atoms with van der Waals surface area (Å²) >= 11 is 12.1. The number of aryl methyl sites for hydroxylation is 1. The van der Waals surface area contributed by atoms with E-state index < -0.39 is 15.8 Å². The maximum Gasteiger partial charge on any atom is 0.263 e. The Bertz CT molecular complexity index is 1760. The second-order valence-corrected chi connectivity index (χ2v) is 13.4. The molecule has 0 atom stereocenters. The number of rotatable bonds is 9. The number of fused-ring (bicyclic) bond motifs is 1. The molecule has 1 saturated carbocycles. The molecule has 1 aliphatic rings. The number of ether oxygens (including phenoxy) is 1. The molecule has 43 heavy (non-hydrogen) atoms. The van der Waals surface area contributed by atoms with Gasteiger partial charge in [-0.25, -0.2) is 22.8 Å². The van der Waals surface area contributed by atoms with Gasteiger partial charge in [0.05, 0.1) is 28.4 Å². The monoisotopic (exact) mass is 645 g/mol. The lowest BCUT2D eigenvalue weighted by Crippen LogP contribution is -2.36. The number of methoxy groups -OCH3 is 1. The van der Waals surface area contributed by atoms with Crippen molar-refractivity contribution in [2.24, 2.45) is 0 Å². The third-order valence-electron chi connectivity index (χ3n) is 7.95. The lowest BCUT2D eigenvalue weighted by atomic mass is 9.90. The minimum atomic E-state index is -4.24. The maximum absolute atomic E-state index is 15.4. The Kier molecular flexibility index (Phi) is 9.31. The summed E-state index contributed by atoms with van der Waals surface area (Å²) < 4.78 is 49.3. The maximum atomic E-state index is 15.4. The van der Waals surface area contributed by atoms with E-state index >= 15 is 4.39 Å². The van der Waals surface area contributed by atoms with E-state index in [1.807, 2.05) is 19.1 Å². The fourth-order valence-corrected chi connectivity index (χ4v) is 7.37. The van der Waals surface area contributed by atoms with Gasteiger partial charge in [-0.2, -0.15) is 0 Å². The van der Waals surface area contributed by atoms with Crippen molar-refractivity contribution in [1.82, 2.24) is 14.9 Å². The number of hydrogen-bond acceptors (Lipinski definition) is 7. The van der Waals surface area contributed by atoms with Crippen molar-refractivity contribution in [3.63, 3.8) is 0 Å². The van der Waals surface area contributed by atoms with Crippen molar-refractivity contribution in [3.8, 4) is 16.9 Å². The second-order valence-electron chi connectivity index (χ2n) is 10.9. The molecule has 0 unspecified atom stereocenters. The van der Waals surface area contributed by atoms with E-state index in [4.69, 9.17) is 32.9 Å². The first-order valence-corrected chi connectivity index (χ1v) is 16.3. The molecule has 1 heterocycles. The number of halogens is 3. The van der Waals surface area contributed by atoms with Crippen LogP contribution in [0.25, 0.3) is 22.0 Å². The van der Waals surface area contributed by atoms with Crippen LogP contribution in [0.1, 0.15) is 38.2 Å². The van der Waals surface area contributed by atoms with Crippen LogP contribution in [0.15, 0.2) is 53.6 Å². The third-order valence-corrected chi connectivity index (χ3v) is 10.3. The van der Waals surface area contributed by atoms with E-state index in [0.717, 1.165) is 42.1 Å². The molecule has 3 aromatic carbocycles. The average Bonchev–Trinajstić information content (AvgIpc) is 2.98. The molecule has 0 spiro atoms. The minimum Gasteiger partial charge on any atom is -0.496 e. The van der Waals surface area contributed by atoms with Crippen LogP contribution in [0, 0.1) is 5.82 Å². The van der Waals surface area contributed by atoms with Crippen molar-refractivity contribution < 1.29 is 17.5 Å². The Morgan fingerprint density at radius 1 is 1.09 bits per heavy atom. The normalized spacial score (nSPS) is 17.3. The van der Waals surface area contributed by atoms with Crippen LogP contribution in [0.5, 0.6) is 5.75 Å². The molecule has 1 fully saturated rings. The predicted octanol–water partition coefficient (Wildman–Crippen LogP) is 7.40. The van der Waals surface area contributed by atoms with Crippen LogP contribution in [0.4, 0.5) is 16.0 Å². The molecule has 228 valence electrons. The smallest absolute Gasteiger partial charge is 0.263 e. The van der Waals surface area contributed by atoms with Crippen molar-refractivity contribution >= 4 is 55.8 Å². The van der Waals surface area contributed by atoms with E-state index in [1.54, 1.807) is 6.20 Å². The Balaban J connectivity index is 1.44. The zero-order valence-corrected chi connectivity index (χ0v) is 26.7. The van der Waals surface area contributed by atoms with Crippen LogP contribution < -0.4 is 14.8 Å². The van der Waals surface area contributed by atoms with Gasteiger partial charge in [-0.1, -0.05) is 36.2 Å². The summed E-state index contributed by atoms with van der Waals surface area (Å²) in [7, 11) is 1.46. The SMILES string of the molecule is CCc1cc(-c2cc(F)c(NS(=O)(=O)c3cccc(Cl)c3Cl)cc2OC)cc2cnc(NC3CCC(N(C)C)CC3)nc12. The molecule has 12 heteroatoms. The van der Waals surface area contributed by atoms with Crippen LogP contribution in [-0.2, 0) is 16.4 Å². The number of nitrogens with one attached hydrogen (secondary N) is 2. The molecule has 2 N–H and O–H groups in total. The minimum absolute atomic E-state index is 0.0694. The molecule has 1 aromatic heterocycles. The topological polar surface area (TPSA) is 96.5 Å². The first-order chi connectivity index (χ1) is 20.5. The molecule has 1 aliphatic carbocycles. The molecular weight excluding hydrogens is 612 g/mol. The quantitative estimate of drug-likeness (QED) is 0.196. The number of hydrogen-bond donors (Lipinski definition) is 2. The summed E-state index contributed by atoms with van der Waals surface area (Å²) in [5, 5.41) is 4.24. The highest BCUT2D eigenvalue weighted by Gasteiger charge is 2.24. The second kappa shape index (κ2) is 12.8. The van der Waals surface area contributed by atoms with Gasteiger partial charge in [-0.15, -0.1) is 0 Å². The Labute approximate surface area is 261 Å². The summed E-state index contributed by atoms with van der Waals surface area (Å²) in [6.07, 6.45) is 6.86. The van der Waals surface area contributed by atoms with Crippen molar-refractivity contribution in [2.45, 2.75) is 56.0 Å². The Morgan fingerprint density at radius 2 is 1.84 bits per heavy atom. The van der Waals surface area contributed by atoms with Gasteiger partial charge in [0.2, 0.25) is 5.95 Å². The van der Waals surface area contributed by atoms with Gasteiger partial charge in [0.15, 0.2) is 0 Å². The first-order valence-electron chi connectivity index (χ1n) is 14.1. The van der Waals surface area contributed by atoms with Gasteiger partial charge in [-0.05, 0) is 87.7 Å². The van der Waals surface area contributed by atoms with Gasteiger partial charge < -0.3 is 15.0 Å². The van der Waals surface area contributed by atoms with Crippen molar-refractivity contribution in [2.75, 3.05) is 31.2 Å². The van der Waals surface area contributed by atoms with E-state index in [-0.39, 0.29) is 26.4 Å². The summed E-state index contributed by atoms with van der Waals surface area (Å²) in [6.45, 7) is 2.03. The third kappa shape index (κ3) is 6.67. The molecular formula is C31H34Cl2FN5O3S. The van der Waals surface area contributed by atoms with E-state index in [9.17, 15) is 8.42 Å². The first kappa shape index (κ1) is 31.3. The van der Waals surface area contributed by atoms with Crippen LogP contribution >= 0.6 is 23.2 Å². The number of anilines is 2. The number of aromatic nitrogens is 2. The van der Waals surface area contributed by atoms with Gasteiger partial charge >= 0.3 is 0 Å². The van der Waals surface area contributed by atoms with Gasteiger partial charge in [0.1, 0.15) is 16.5 Å². The summed E-state index contributed by atoms with van der Waals surface area (Å²) in [5.74, 6) is 0.101. The van der Waals surface area contributed by atoms with Crippen molar-refractivity contribution in [1.29, 1.82) is 0 Å². The fourth-order valence-electron chi connectivity index (χ4n) is 5.55. The average molecular weight is 647 g/mol. The summed E-state index contributed by atoms with van der Waals surface area (Å²) in [6, 6.07) is 11.5. The van der Waals surface area contributed by atoms with Gasteiger partial charge in [0, 0.05) is 35.3 Å². The highest BCUT2D eigenvalue weighted by atomic mass is 35.5. The number of sulfonamides is 1. The largest absolute Gasteiger partial charge is 0.496 e. The fraction of sp³-hybridized carbons (Fsp3) is 0.355. The highest BCUT2D eigenvalue weighted by Crippen LogP contribution is 2.38. The Morgan fingerprint density at radius 3 is 2.51 bits per heavy atom. The zero-order chi connectivity index (χ0) is 30.9. The summed E-state index contributed by atoms with van der Waals surface area (Å²) in [4.78, 5) is 11.5. The van der Waals surface area contributed by atoms with Gasteiger partial charge in [-0.3, -0.25) is 4.72 Å². The van der Waals surface area contributed by atoms with Crippen molar-refractivity contribution in [3.05, 3.63) is 70.1 Å². The molecule has 0 saturated heterocycles. The van der Waals surface area contributed by atoms with Crippen LogP contribution in [0.2, 0.25) is 10.0 Å². The van der Waals surface area contributed by atoms with Crippen LogP contribution in [0.3, 0.4) is 0 Å². The lowest BCUT2D eigenvalue weighted by Gasteiger charge is -2.33. The molecule has 0 radical (unpaired) electrons. The molecule has 8 nitrogen and oxygen atoms in total. The molecule has 5 rings (SSSR count). The zero-order valence-electron chi connectivity index (χ0n) is 24.4. The highest BCUT2D eigenvalue weighted by molar-refractivity contribution is 7.92. The Hall–Kier alpha value is -3.18. The van der Waals surface area contributed by atoms with E-state index in [0.29, 0.717) is 35.6 Å². The van der Waals surface area contributed by atoms with E-state index in [2.05, 4.69) is 34.0 Å². The van der Waals surface area contributed by atoms with Gasteiger partial charge in [0.25, 0.3) is 10.0 Å². The molecule has 0 bridgehead atoms. The molecule has 4 aromatic rings. The van der Waals surface area contributed by atoms with Crippen LogP contribution in [-0.4, -0.2) is 56.6 Å². The summed E-state index contributed by atoms with van der Waals surface area (Å²) in [5.41, 5.74) is 2.66. The number of nitrogens with zero attached hydrogens (tertiary/aromatic N) is 3. The number of benzene rings is 3. The predicted molar refractivity (Wildman–Crippen MR) is 171 cm³/mol. The molecule has 0 amide bonds. The van der Waals surface area contributed by atoms with E-state index in [1.165, 1.54) is 37.4 Å². The molecule has 0 aliphatic heterocycles. The lowest BCUT2D eigenvalue weighted by molar-refractivity contribution is 0.221. The standard InChI is InChI=1S/C31H34Cl2FN5O3S/c1-5-18-13-19(14-20-17-35-31(37-30(18)20)36-21-9-11-22(12-10-21)39(2)3)23-15-25(34)26(16-27(23)42-4)38-43(40,41)28-8-6-7-24(32)29(28)33/h6-8,13-17,21-22,38H,5,9-12H2,1-4H3,(H,35,36,37).